The van der Waals surface area contributed by atoms with Crippen molar-refractivity contribution >= 4 is 12.4 Å². The molecule has 0 aromatic heterocycles. The summed E-state index contributed by atoms with van der Waals surface area (Å²) in [5.41, 5.74) is 1.13. The highest BCUT2D eigenvalue weighted by molar-refractivity contribution is 6.68. The van der Waals surface area contributed by atoms with E-state index >= 15 is 0 Å². The van der Waals surface area contributed by atoms with Crippen LogP contribution in [0.25, 0.3) is 0 Å². The van der Waals surface area contributed by atoms with Crippen LogP contribution in [0.4, 0.5) is 4.39 Å². The lowest BCUT2D eigenvalue weighted by molar-refractivity contribution is 0.460. The first-order valence-corrected chi connectivity index (χ1v) is 4.96. The number of nitrogens with one attached hydrogen (secondary N) is 1. The van der Waals surface area contributed by atoms with Gasteiger partial charge in [-0.05, 0) is 44.2 Å². The van der Waals surface area contributed by atoms with Crippen LogP contribution in [-0.2, 0) is 0 Å². The van der Waals surface area contributed by atoms with E-state index in [2.05, 4.69) is 17.1 Å². The van der Waals surface area contributed by atoms with Crippen molar-refractivity contribution in [2.45, 2.75) is 6.42 Å². The van der Waals surface area contributed by atoms with Crippen molar-refractivity contribution in [1.82, 2.24) is 10.0 Å². The third kappa shape index (κ3) is 1.96. The van der Waals surface area contributed by atoms with E-state index < -0.39 is 0 Å². The lowest BCUT2D eigenvalue weighted by Crippen LogP contribution is -2.60. The van der Waals surface area contributed by atoms with Crippen LogP contribution in [0, 0.1) is 5.82 Å². The lowest BCUT2D eigenvalue weighted by atomic mass is 9.65. The number of hydrogen-bond donors (Lipinski definition) is 1. The standard InChI is InChI=1S/C10H14BFN2/c1-14-8-2-7-13-11(14)9-3-5-10(12)6-4-9/h3-6,13H,2,7-8H2,1H3. The van der Waals surface area contributed by atoms with Gasteiger partial charge in [-0.1, -0.05) is 12.1 Å². The molecule has 1 aromatic carbocycles. The first-order valence-electron chi connectivity index (χ1n) is 4.96. The molecule has 4 heteroatoms. The monoisotopic (exact) mass is 192 g/mol. The summed E-state index contributed by atoms with van der Waals surface area (Å²) in [6.07, 6.45) is 1.17. The van der Waals surface area contributed by atoms with Gasteiger partial charge in [0.1, 0.15) is 5.82 Å². The predicted octanol–water partition coefficient (Wildman–Crippen LogP) is 0.446. The summed E-state index contributed by atoms with van der Waals surface area (Å²) in [6, 6.07) is 6.71. The SMILES string of the molecule is CN1CCCNB1c1ccc(F)cc1. The molecule has 0 saturated carbocycles. The Morgan fingerprint density at radius 2 is 2.07 bits per heavy atom. The molecule has 0 aliphatic carbocycles. The quantitative estimate of drug-likeness (QED) is 0.649. The van der Waals surface area contributed by atoms with Crippen LogP contribution in [-0.4, -0.2) is 31.9 Å². The predicted molar refractivity (Wildman–Crippen MR) is 57.0 cm³/mol. The molecule has 0 atom stereocenters. The fourth-order valence-corrected chi connectivity index (χ4v) is 1.87. The Morgan fingerprint density at radius 1 is 1.36 bits per heavy atom. The van der Waals surface area contributed by atoms with Gasteiger partial charge in [0.05, 0.1) is 0 Å². The minimum Gasteiger partial charge on any atom is -0.338 e. The summed E-state index contributed by atoms with van der Waals surface area (Å²) in [7, 11) is 2.08. The van der Waals surface area contributed by atoms with Gasteiger partial charge in [-0.2, -0.15) is 0 Å². The molecule has 1 aromatic rings. The Bertz CT molecular complexity index is 301. The second-order valence-electron chi connectivity index (χ2n) is 3.74. The maximum Gasteiger partial charge on any atom is 0.343 e. The van der Waals surface area contributed by atoms with E-state index in [9.17, 15) is 4.39 Å². The molecule has 1 N–H and O–H groups in total. The number of hydrogen-bond acceptors (Lipinski definition) is 2. The molecule has 0 amide bonds. The van der Waals surface area contributed by atoms with Gasteiger partial charge in [0, 0.05) is 0 Å². The van der Waals surface area contributed by atoms with E-state index in [1.165, 1.54) is 18.6 Å². The Hall–Kier alpha value is -0.865. The van der Waals surface area contributed by atoms with Crippen molar-refractivity contribution < 1.29 is 4.39 Å². The fraction of sp³-hybridized carbons (Fsp3) is 0.400. The van der Waals surface area contributed by atoms with E-state index in [1.54, 1.807) is 0 Å². The number of nitrogens with zero attached hydrogens (tertiary/aromatic N) is 1. The molecule has 2 rings (SSSR count). The summed E-state index contributed by atoms with van der Waals surface area (Å²) >= 11 is 0. The van der Waals surface area contributed by atoms with E-state index in [0.29, 0.717) is 0 Å². The normalized spacial score (nSPS) is 18.6. The van der Waals surface area contributed by atoms with Gasteiger partial charge in [0.15, 0.2) is 0 Å². The third-order valence-corrected chi connectivity index (χ3v) is 2.65. The van der Waals surface area contributed by atoms with E-state index in [1.807, 2.05) is 12.1 Å². The van der Waals surface area contributed by atoms with Crippen LogP contribution in [0.3, 0.4) is 0 Å². The van der Waals surface area contributed by atoms with E-state index in [4.69, 9.17) is 0 Å². The average Bonchev–Trinajstić information content (AvgIpc) is 2.20. The van der Waals surface area contributed by atoms with Crippen LogP contribution in [0.1, 0.15) is 6.42 Å². The maximum atomic E-state index is 12.7. The second-order valence-corrected chi connectivity index (χ2v) is 3.74. The molecule has 1 saturated heterocycles. The molecule has 14 heavy (non-hydrogen) atoms. The highest BCUT2D eigenvalue weighted by Gasteiger charge is 2.25. The highest BCUT2D eigenvalue weighted by atomic mass is 19.1. The van der Waals surface area contributed by atoms with Gasteiger partial charge in [0.2, 0.25) is 0 Å². The maximum absolute atomic E-state index is 12.7. The fourth-order valence-electron chi connectivity index (χ4n) is 1.87. The molecule has 0 spiro atoms. The number of halogens is 1. The van der Waals surface area contributed by atoms with E-state index in [0.717, 1.165) is 18.6 Å². The Balaban J connectivity index is 2.16. The highest BCUT2D eigenvalue weighted by Crippen LogP contribution is 2.00. The minimum absolute atomic E-state index is 0.174. The van der Waals surface area contributed by atoms with Crippen LogP contribution in [0.5, 0.6) is 0 Å². The zero-order valence-corrected chi connectivity index (χ0v) is 8.33. The second kappa shape index (κ2) is 4.11. The summed E-state index contributed by atoms with van der Waals surface area (Å²) in [6.45, 7) is 2.37. The zero-order chi connectivity index (χ0) is 9.97. The summed E-state index contributed by atoms with van der Waals surface area (Å²) in [5.74, 6) is -0.174. The van der Waals surface area contributed by atoms with Crippen molar-refractivity contribution in [3.63, 3.8) is 0 Å². The van der Waals surface area contributed by atoms with Crippen LogP contribution in [0.2, 0.25) is 0 Å². The molecule has 1 heterocycles. The smallest absolute Gasteiger partial charge is 0.338 e. The largest absolute Gasteiger partial charge is 0.343 e. The van der Waals surface area contributed by atoms with Gasteiger partial charge >= 0.3 is 6.98 Å². The van der Waals surface area contributed by atoms with Crippen molar-refractivity contribution in [2.75, 3.05) is 20.1 Å². The Labute approximate surface area is 84.2 Å². The molecule has 1 aliphatic heterocycles. The van der Waals surface area contributed by atoms with Crippen molar-refractivity contribution in [3.8, 4) is 0 Å². The Kier molecular flexibility index (Phi) is 2.84. The Morgan fingerprint density at radius 3 is 2.71 bits per heavy atom. The van der Waals surface area contributed by atoms with Gasteiger partial charge < -0.3 is 10.0 Å². The molecule has 0 unspecified atom stereocenters. The molecular formula is C10H14BFN2. The van der Waals surface area contributed by atoms with Gasteiger partial charge in [-0.25, -0.2) is 4.39 Å². The van der Waals surface area contributed by atoms with Gasteiger partial charge in [-0.3, -0.25) is 0 Å². The number of rotatable bonds is 1. The van der Waals surface area contributed by atoms with Crippen LogP contribution < -0.4 is 10.7 Å². The topological polar surface area (TPSA) is 15.3 Å². The molecule has 1 fully saturated rings. The summed E-state index contributed by atoms with van der Waals surface area (Å²) < 4.78 is 12.7. The molecule has 74 valence electrons. The molecule has 1 aliphatic rings. The van der Waals surface area contributed by atoms with Crippen molar-refractivity contribution in [2.24, 2.45) is 0 Å². The summed E-state index contributed by atoms with van der Waals surface area (Å²) in [4.78, 5) is 2.25. The lowest BCUT2D eigenvalue weighted by Gasteiger charge is -2.30. The summed E-state index contributed by atoms with van der Waals surface area (Å²) in [5, 5.41) is 3.41. The van der Waals surface area contributed by atoms with Crippen LogP contribution in [0.15, 0.2) is 24.3 Å². The van der Waals surface area contributed by atoms with Crippen molar-refractivity contribution in [1.29, 1.82) is 0 Å². The molecule has 0 radical (unpaired) electrons. The van der Waals surface area contributed by atoms with Gasteiger partial charge in [0.25, 0.3) is 0 Å². The third-order valence-electron chi connectivity index (χ3n) is 2.65. The van der Waals surface area contributed by atoms with Crippen molar-refractivity contribution in [3.05, 3.63) is 30.1 Å². The first kappa shape index (κ1) is 9.68. The molecule has 0 bridgehead atoms. The first-order chi connectivity index (χ1) is 6.77. The zero-order valence-electron chi connectivity index (χ0n) is 8.33. The average molecular weight is 192 g/mol. The number of benzene rings is 1. The van der Waals surface area contributed by atoms with E-state index in [-0.39, 0.29) is 12.8 Å². The van der Waals surface area contributed by atoms with Crippen LogP contribution >= 0.6 is 0 Å². The van der Waals surface area contributed by atoms with Gasteiger partial charge in [-0.15, -0.1) is 0 Å². The minimum atomic E-state index is -0.174. The molecule has 2 nitrogen and oxygen atoms in total. The molecular weight excluding hydrogens is 178 g/mol.